The zero-order valence-electron chi connectivity index (χ0n) is 13.0. The molecule has 0 saturated heterocycles. The largest absolute Gasteiger partial charge is 0.489 e. The van der Waals surface area contributed by atoms with Gasteiger partial charge in [-0.3, -0.25) is 5.43 Å². The molecule has 4 heteroatoms. The molecule has 0 aliphatic carbocycles. The van der Waals surface area contributed by atoms with Gasteiger partial charge in [0.15, 0.2) is 0 Å². The van der Waals surface area contributed by atoms with Crippen LogP contribution in [0.2, 0.25) is 5.02 Å². The van der Waals surface area contributed by atoms with E-state index >= 15 is 0 Å². The number of hydrogen-bond donors (Lipinski definition) is 1. The monoisotopic (exact) mass is 336 g/mol. The number of halogens is 1. The number of ether oxygens (including phenoxy) is 1. The Morgan fingerprint density at radius 1 is 0.917 bits per heavy atom. The van der Waals surface area contributed by atoms with Crippen molar-refractivity contribution in [3.05, 3.63) is 95.0 Å². The lowest BCUT2D eigenvalue weighted by Gasteiger charge is -2.06. The van der Waals surface area contributed by atoms with Crippen LogP contribution < -0.4 is 10.2 Å². The number of hydrogen-bond acceptors (Lipinski definition) is 3. The average Bonchev–Trinajstić information content (AvgIpc) is 2.62. The molecule has 0 aliphatic rings. The molecular weight excluding hydrogens is 320 g/mol. The van der Waals surface area contributed by atoms with Crippen LogP contribution in [0.3, 0.4) is 0 Å². The highest BCUT2D eigenvalue weighted by molar-refractivity contribution is 6.30. The second-order valence-corrected chi connectivity index (χ2v) is 5.66. The van der Waals surface area contributed by atoms with Crippen molar-refractivity contribution in [2.45, 2.75) is 6.61 Å². The molecule has 0 spiro atoms. The van der Waals surface area contributed by atoms with Gasteiger partial charge in [0.25, 0.3) is 0 Å². The lowest BCUT2D eigenvalue weighted by atomic mass is 10.2. The van der Waals surface area contributed by atoms with Crippen LogP contribution in [0, 0.1) is 0 Å². The van der Waals surface area contributed by atoms with Crippen LogP contribution in [0.15, 0.2) is 84.0 Å². The molecule has 0 amide bonds. The van der Waals surface area contributed by atoms with Crippen LogP contribution in [0.25, 0.3) is 0 Å². The van der Waals surface area contributed by atoms with Gasteiger partial charge in [-0.2, -0.15) is 5.10 Å². The van der Waals surface area contributed by atoms with Crippen LogP contribution >= 0.6 is 11.6 Å². The summed E-state index contributed by atoms with van der Waals surface area (Å²) in [6.07, 6.45) is 1.75. The van der Waals surface area contributed by atoms with Crippen molar-refractivity contribution >= 4 is 23.5 Å². The van der Waals surface area contributed by atoms with Gasteiger partial charge in [0.2, 0.25) is 0 Å². The van der Waals surface area contributed by atoms with E-state index in [1.165, 1.54) is 0 Å². The van der Waals surface area contributed by atoms with E-state index in [4.69, 9.17) is 16.3 Å². The third-order valence-corrected chi connectivity index (χ3v) is 3.60. The number of nitrogens with zero attached hydrogens (tertiary/aromatic N) is 1. The minimum absolute atomic E-state index is 0.560. The van der Waals surface area contributed by atoms with E-state index in [0.717, 1.165) is 22.6 Å². The minimum Gasteiger partial charge on any atom is -0.489 e. The van der Waals surface area contributed by atoms with Gasteiger partial charge in [0.05, 0.1) is 11.9 Å². The van der Waals surface area contributed by atoms with Crippen molar-refractivity contribution in [1.29, 1.82) is 0 Å². The van der Waals surface area contributed by atoms with Crippen molar-refractivity contribution in [3.8, 4) is 5.75 Å². The van der Waals surface area contributed by atoms with Crippen LogP contribution in [0.4, 0.5) is 5.69 Å². The van der Waals surface area contributed by atoms with Crippen molar-refractivity contribution in [3.63, 3.8) is 0 Å². The van der Waals surface area contributed by atoms with Gasteiger partial charge in [-0.1, -0.05) is 48.0 Å². The summed E-state index contributed by atoms with van der Waals surface area (Å²) in [6, 6.07) is 25.3. The predicted octanol–water partition coefficient (Wildman–Crippen LogP) is 5.37. The van der Waals surface area contributed by atoms with Gasteiger partial charge in [0, 0.05) is 5.02 Å². The zero-order chi connectivity index (χ0) is 16.6. The minimum atomic E-state index is 0.560. The first-order valence-electron chi connectivity index (χ1n) is 7.61. The molecule has 120 valence electrons. The smallest absolute Gasteiger partial charge is 0.119 e. The summed E-state index contributed by atoms with van der Waals surface area (Å²) in [5.74, 6) is 0.832. The summed E-state index contributed by atoms with van der Waals surface area (Å²) in [5, 5.41) is 4.88. The van der Waals surface area contributed by atoms with E-state index in [2.05, 4.69) is 10.5 Å². The first-order chi connectivity index (χ1) is 11.8. The Labute approximate surface area is 146 Å². The Morgan fingerprint density at radius 2 is 1.71 bits per heavy atom. The van der Waals surface area contributed by atoms with Gasteiger partial charge in [-0.25, -0.2) is 0 Å². The maximum absolute atomic E-state index is 5.93. The number of anilines is 1. The highest BCUT2D eigenvalue weighted by Crippen LogP contribution is 2.15. The first kappa shape index (κ1) is 16.1. The molecule has 0 atom stereocenters. The van der Waals surface area contributed by atoms with Crippen LogP contribution in [-0.2, 0) is 6.61 Å². The molecule has 0 aromatic heterocycles. The van der Waals surface area contributed by atoms with Gasteiger partial charge < -0.3 is 4.74 Å². The first-order valence-corrected chi connectivity index (χ1v) is 7.99. The van der Waals surface area contributed by atoms with Crippen molar-refractivity contribution in [1.82, 2.24) is 0 Å². The average molecular weight is 337 g/mol. The Kier molecular flexibility index (Phi) is 5.48. The molecule has 0 fully saturated rings. The summed E-state index contributed by atoms with van der Waals surface area (Å²) in [7, 11) is 0. The van der Waals surface area contributed by atoms with Crippen molar-refractivity contribution in [2.24, 2.45) is 5.10 Å². The third-order valence-electron chi connectivity index (χ3n) is 3.36. The zero-order valence-corrected chi connectivity index (χ0v) is 13.8. The molecule has 0 heterocycles. The predicted molar refractivity (Wildman–Crippen MR) is 99.9 cm³/mol. The van der Waals surface area contributed by atoms with Gasteiger partial charge in [-0.05, 0) is 53.6 Å². The highest BCUT2D eigenvalue weighted by Gasteiger charge is 1.96. The van der Waals surface area contributed by atoms with Gasteiger partial charge >= 0.3 is 0 Å². The second kappa shape index (κ2) is 8.18. The van der Waals surface area contributed by atoms with E-state index in [1.807, 2.05) is 78.9 Å². The number of benzene rings is 3. The lowest BCUT2D eigenvalue weighted by Crippen LogP contribution is -1.95. The maximum Gasteiger partial charge on any atom is 0.119 e. The van der Waals surface area contributed by atoms with Crippen LogP contribution in [-0.4, -0.2) is 6.21 Å². The molecule has 24 heavy (non-hydrogen) atoms. The van der Waals surface area contributed by atoms with Crippen molar-refractivity contribution < 1.29 is 4.74 Å². The topological polar surface area (TPSA) is 33.6 Å². The number of hydrazone groups is 1. The molecule has 3 aromatic rings. The van der Waals surface area contributed by atoms with Gasteiger partial charge in [0.1, 0.15) is 12.4 Å². The molecule has 0 radical (unpaired) electrons. The van der Waals surface area contributed by atoms with Gasteiger partial charge in [-0.15, -0.1) is 0 Å². The number of nitrogens with one attached hydrogen (secondary N) is 1. The van der Waals surface area contributed by atoms with E-state index in [-0.39, 0.29) is 0 Å². The molecule has 0 bridgehead atoms. The molecule has 3 aromatic carbocycles. The Hall–Kier alpha value is -2.78. The Bertz CT molecular complexity index is 801. The summed E-state index contributed by atoms with van der Waals surface area (Å²) in [4.78, 5) is 0. The fourth-order valence-corrected chi connectivity index (χ4v) is 2.32. The quantitative estimate of drug-likeness (QED) is 0.485. The summed E-state index contributed by atoms with van der Waals surface area (Å²) in [6.45, 7) is 0.560. The SMILES string of the molecule is Clc1cccc(NN=Cc2ccc(OCc3ccccc3)cc2)c1. The summed E-state index contributed by atoms with van der Waals surface area (Å²) in [5.41, 5.74) is 5.93. The fourth-order valence-electron chi connectivity index (χ4n) is 2.13. The fraction of sp³-hybridized carbons (Fsp3) is 0.0500. The van der Waals surface area contributed by atoms with E-state index in [1.54, 1.807) is 6.21 Å². The maximum atomic E-state index is 5.93. The van der Waals surface area contributed by atoms with E-state index in [9.17, 15) is 0 Å². The van der Waals surface area contributed by atoms with Crippen molar-refractivity contribution in [2.75, 3.05) is 5.43 Å². The third kappa shape index (κ3) is 4.86. The molecule has 3 rings (SSSR count). The standard InChI is InChI=1S/C20H17ClN2O/c21-18-7-4-8-19(13-18)23-22-14-16-9-11-20(12-10-16)24-15-17-5-2-1-3-6-17/h1-14,23H,15H2. The molecular formula is C20H17ClN2O. The lowest BCUT2D eigenvalue weighted by molar-refractivity contribution is 0.306. The molecule has 3 nitrogen and oxygen atoms in total. The Morgan fingerprint density at radius 3 is 2.46 bits per heavy atom. The molecule has 0 aliphatic heterocycles. The molecule has 0 saturated carbocycles. The second-order valence-electron chi connectivity index (χ2n) is 5.22. The van der Waals surface area contributed by atoms with E-state index in [0.29, 0.717) is 11.6 Å². The van der Waals surface area contributed by atoms with Crippen LogP contribution in [0.1, 0.15) is 11.1 Å². The molecule has 0 unspecified atom stereocenters. The highest BCUT2D eigenvalue weighted by atomic mass is 35.5. The summed E-state index contributed by atoms with van der Waals surface area (Å²) < 4.78 is 5.76. The summed E-state index contributed by atoms with van der Waals surface area (Å²) >= 11 is 5.93. The van der Waals surface area contributed by atoms with Crippen LogP contribution in [0.5, 0.6) is 5.75 Å². The number of rotatable bonds is 6. The normalized spacial score (nSPS) is 10.7. The van der Waals surface area contributed by atoms with E-state index < -0.39 is 0 Å². The Balaban J connectivity index is 1.53. The molecule has 1 N–H and O–H groups in total.